The summed E-state index contributed by atoms with van der Waals surface area (Å²) < 4.78 is 11.7. The van der Waals surface area contributed by atoms with Crippen LogP contribution in [-0.4, -0.2) is 25.2 Å². The highest BCUT2D eigenvalue weighted by Crippen LogP contribution is 2.28. The van der Waals surface area contributed by atoms with Crippen LogP contribution in [0.3, 0.4) is 0 Å². The first-order valence-corrected chi connectivity index (χ1v) is 9.69. The molecular formula is C22H17IN2O4. The maximum Gasteiger partial charge on any atom is 0.343 e. The maximum atomic E-state index is 12.2. The van der Waals surface area contributed by atoms with Crippen molar-refractivity contribution in [1.29, 1.82) is 0 Å². The fraction of sp³-hybridized carbons (Fsp3) is 0.0455. The van der Waals surface area contributed by atoms with Gasteiger partial charge < -0.3 is 9.47 Å². The fourth-order valence-corrected chi connectivity index (χ4v) is 2.98. The van der Waals surface area contributed by atoms with Crippen molar-refractivity contribution >= 4 is 40.7 Å². The van der Waals surface area contributed by atoms with Crippen molar-refractivity contribution in [3.05, 3.63) is 93.1 Å². The summed E-state index contributed by atoms with van der Waals surface area (Å²) in [5.74, 6) is -0.112. The van der Waals surface area contributed by atoms with Crippen molar-refractivity contribution < 1.29 is 19.1 Å². The molecule has 146 valence electrons. The molecule has 29 heavy (non-hydrogen) atoms. The third-order valence-electron chi connectivity index (χ3n) is 3.87. The molecule has 0 unspecified atom stereocenters. The van der Waals surface area contributed by atoms with Crippen LogP contribution in [0.25, 0.3) is 0 Å². The van der Waals surface area contributed by atoms with Gasteiger partial charge in [0.1, 0.15) is 0 Å². The maximum absolute atomic E-state index is 12.2. The molecule has 0 bridgehead atoms. The van der Waals surface area contributed by atoms with Crippen LogP contribution in [0.2, 0.25) is 0 Å². The molecule has 0 saturated carbocycles. The van der Waals surface area contributed by atoms with E-state index in [1.54, 1.807) is 60.7 Å². The molecule has 0 saturated heterocycles. The lowest BCUT2D eigenvalue weighted by Gasteiger charge is -2.10. The third kappa shape index (κ3) is 5.64. The van der Waals surface area contributed by atoms with Gasteiger partial charge in [0, 0.05) is 9.13 Å². The Hall–Kier alpha value is -3.20. The van der Waals surface area contributed by atoms with Crippen LogP contribution in [0.15, 0.2) is 77.9 Å². The lowest BCUT2D eigenvalue weighted by atomic mass is 10.2. The topological polar surface area (TPSA) is 77.0 Å². The SMILES string of the molecule is COc1cc(/C=N\NC(=O)c2cccc(I)c2)ccc1OC(=O)c1ccccc1. The van der Waals surface area contributed by atoms with E-state index in [0.717, 1.165) is 3.57 Å². The highest BCUT2D eigenvalue weighted by molar-refractivity contribution is 14.1. The minimum atomic E-state index is -0.477. The van der Waals surface area contributed by atoms with Crippen molar-refractivity contribution in [2.24, 2.45) is 5.10 Å². The van der Waals surface area contributed by atoms with E-state index in [1.165, 1.54) is 13.3 Å². The van der Waals surface area contributed by atoms with Crippen molar-refractivity contribution in [2.75, 3.05) is 7.11 Å². The summed E-state index contributed by atoms with van der Waals surface area (Å²) in [4.78, 5) is 24.3. The molecule has 0 aliphatic heterocycles. The second-order valence-electron chi connectivity index (χ2n) is 5.88. The van der Waals surface area contributed by atoms with E-state index in [0.29, 0.717) is 28.2 Å². The van der Waals surface area contributed by atoms with Crippen LogP contribution in [-0.2, 0) is 0 Å². The Morgan fingerprint density at radius 1 is 0.931 bits per heavy atom. The first-order chi connectivity index (χ1) is 14.1. The largest absolute Gasteiger partial charge is 0.493 e. The van der Waals surface area contributed by atoms with E-state index in [9.17, 15) is 9.59 Å². The number of halogens is 1. The molecule has 0 aliphatic carbocycles. The van der Waals surface area contributed by atoms with Crippen LogP contribution in [0, 0.1) is 3.57 Å². The highest BCUT2D eigenvalue weighted by Gasteiger charge is 2.12. The standard InChI is InChI=1S/C22H17IN2O4/c1-28-20-12-15(14-24-25-21(26)17-8-5-9-18(23)13-17)10-11-19(20)29-22(27)16-6-3-2-4-7-16/h2-14H,1H3,(H,25,26)/b24-14-. The van der Waals surface area contributed by atoms with Crippen LogP contribution in [0.4, 0.5) is 0 Å². The molecule has 0 spiro atoms. The monoisotopic (exact) mass is 500 g/mol. The van der Waals surface area contributed by atoms with E-state index in [4.69, 9.17) is 9.47 Å². The van der Waals surface area contributed by atoms with E-state index in [1.807, 2.05) is 12.1 Å². The van der Waals surface area contributed by atoms with E-state index < -0.39 is 5.97 Å². The zero-order valence-corrected chi connectivity index (χ0v) is 17.6. The van der Waals surface area contributed by atoms with Crippen molar-refractivity contribution in [3.8, 4) is 11.5 Å². The number of carbonyl (C=O) groups is 2. The van der Waals surface area contributed by atoms with Gasteiger partial charge in [-0.3, -0.25) is 4.79 Å². The molecule has 3 aromatic carbocycles. The lowest BCUT2D eigenvalue weighted by Crippen LogP contribution is -2.17. The molecule has 3 rings (SSSR count). The smallest absolute Gasteiger partial charge is 0.343 e. The van der Waals surface area contributed by atoms with E-state index in [-0.39, 0.29) is 5.91 Å². The van der Waals surface area contributed by atoms with Crippen LogP contribution in [0.1, 0.15) is 26.3 Å². The average Bonchev–Trinajstić information content (AvgIpc) is 2.75. The third-order valence-corrected chi connectivity index (χ3v) is 4.54. The zero-order valence-electron chi connectivity index (χ0n) is 15.5. The Bertz CT molecular complexity index is 1050. The number of hydrogen-bond donors (Lipinski definition) is 1. The van der Waals surface area contributed by atoms with Gasteiger partial charge in [0.05, 0.1) is 18.9 Å². The molecule has 0 radical (unpaired) electrons. The predicted molar refractivity (Wildman–Crippen MR) is 119 cm³/mol. The minimum absolute atomic E-state index is 0.293. The molecule has 0 atom stereocenters. The zero-order chi connectivity index (χ0) is 20.6. The lowest BCUT2D eigenvalue weighted by molar-refractivity contribution is 0.0729. The first-order valence-electron chi connectivity index (χ1n) is 8.61. The molecule has 0 aliphatic rings. The van der Waals surface area contributed by atoms with Crippen molar-refractivity contribution in [3.63, 3.8) is 0 Å². The van der Waals surface area contributed by atoms with Gasteiger partial charge in [-0.25, -0.2) is 10.2 Å². The number of esters is 1. The Labute approximate surface area is 181 Å². The number of hydrogen-bond acceptors (Lipinski definition) is 5. The number of carbonyl (C=O) groups excluding carboxylic acids is 2. The number of methoxy groups -OCH3 is 1. The summed E-state index contributed by atoms with van der Waals surface area (Å²) in [5, 5.41) is 3.97. The summed E-state index contributed by atoms with van der Waals surface area (Å²) in [6.07, 6.45) is 1.48. The van der Waals surface area contributed by atoms with Crippen LogP contribution >= 0.6 is 22.6 Å². The number of benzene rings is 3. The number of amides is 1. The minimum Gasteiger partial charge on any atom is -0.493 e. The van der Waals surface area contributed by atoms with Gasteiger partial charge in [0.15, 0.2) is 11.5 Å². The molecule has 0 fully saturated rings. The summed E-state index contributed by atoms with van der Waals surface area (Å²) in [5.41, 5.74) is 4.12. The van der Waals surface area contributed by atoms with Crippen LogP contribution < -0.4 is 14.9 Å². The predicted octanol–water partition coefficient (Wildman–Crippen LogP) is 4.28. The van der Waals surface area contributed by atoms with Gasteiger partial charge >= 0.3 is 5.97 Å². The molecule has 1 N–H and O–H groups in total. The number of rotatable bonds is 6. The summed E-state index contributed by atoms with van der Waals surface area (Å²) >= 11 is 2.14. The number of nitrogens with zero attached hydrogens (tertiary/aromatic N) is 1. The van der Waals surface area contributed by atoms with Crippen molar-refractivity contribution in [2.45, 2.75) is 0 Å². The van der Waals surface area contributed by atoms with Gasteiger partial charge in [-0.05, 0) is 76.7 Å². The first kappa shape index (κ1) is 20.5. The summed E-state index contributed by atoms with van der Waals surface area (Å²) in [7, 11) is 1.48. The average molecular weight is 500 g/mol. The molecule has 3 aromatic rings. The van der Waals surface area contributed by atoms with E-state index in [2.05, 4.69) is 33.1 Å². The van der Waals surface area contributed by atoms with E-state index >= 15 is 0 Å². The quantitative estimate of drug-likeness (QED) is 0.180. The molecule has 6 nitrogen and oxygen atoms in total. The number of hydrazone groups is 1. The molecular weight excluding hydrogens is 483 g/mol. The van der Waals surface area contributed by atoms with Crippen LogP contribution in [0.5, 0.6) is 11.5 Å². The molecule has 0 aromatic heterocycles. The second kappa shape index (κ2) is 9.83. The van der Waals surface area contributed by atoms with Gasteiger partial charge in [0.25, 0.3) is 5.91 Å². The van der Waals surface area contributed by atoms with Crippen molar-refractivity contribution in [1.82, 2.24) is 5.43 Å². The van der Waals surface area contributed by atoms with Gasteiger partial charge in [-0.15, -0.1) is 0 Å². The summed E-state index contributed by atoms with van der Waals surface area (Å²) in [6, 6.07) is 20.9. The second-order valence-corrected chi connectivity index (χ2v) is 7.12. The van der Waals surface area contributed by atoms with Gasteiger partial charge in [-0.2, -0.15) is 5.10 Å². The Balaban J connectivity index is 1.67. The normalized spacial score (nSPS) is 10.6. The molecule has 7 heteroatoms. The van der Waals surface area contributed by atoms with Gasteiger partial charge in [-0.1, -0.05) is 24.3 Å². The number of ether oxygens (including phenoxy) is 2. The summed E-state index contributed by atoms with van der Waals surface area (Å²) in [6.45, 7) is 0. The fourth-order valence-electron chi connectivity index (χ4n) is 2.44. The highest BCUT2D eigenvalue weighted by atomic mass is 127. The molecule has 1 amide bonds. The van der Waals surface area contributed by atoms with Gasteiger partial charge in [0.2, 0.25) is 0 Å². The Kier molecular flexibility index (Phi) is 6.96. The Morgan fingerprint density at radius 2 is 1.69 bits per heavy atom. The Morgan fingerprint density at radius 3 is 2.41 bits per heavy atom. The molecule has 0 heterocycles. The number of nitrogens with one attached hydrogen (secondary N) is 1.